The van der Waals surface area contributed by atoms with Crippen molar-refractivity contribution in [1.82, 2.24) is 0 Å². The molecule has 0 bridgehead atoms. The summed E-state index contributed by atoms with van der Waals surface area (Å²) in [6.07, 6.45) is 0. The topological polar surface area (TPSA) is 3.24 Å². The molecule has 0 fully saturated rings. The number of benzene rings is 10. The third-order valence-electron chi connectivity index (χ3n) is 14.0. The molecule has 0 atom stereocenters. The summed E-state index contributed by atoms with van der Waals surface area (Å²) in [4.78, 5) is 2.43. The lowest BCUT2D eigenvalue weighted by Crippen LogP contribution is -2.26. The molecule has 0 N–H and O–H groups in total. The summed E-state index contributed by atoms with van der Waals surface area (Å²) in [6, 6.07) is 87.8. The molecule has 298 valence electrons. The van der Waals surface area contributed by atoms with Gasteiger partial charge in [-0.3, -0.25) is 0 Å². The second-order valence-corrected chi connectivity index (χ2v) is 17.7. The maximum atomic E-state index is 2.48. The van der Waals surface area contributed by atoms with Gasteiger partial charge in [0.1, 0.15) is 0 Å². The molecule has 0 saturated carbocycles. The van der Waals surface area contributed by atoms with Gasteiger partial charge >= 0.3 is 0 Å². The van der Waals surface area contributed by atoms with Crippen LogP contribution in [0.4, 0.5) is 17.1 Å². The van der Waals surface area contributed by atoms with Crippen molar-refractivity contribution in [2.24, 2.45) is 0 Å². The van der Waals surface area contributed by atoms with Gasteiger partial charge in [0.25, 0.3) is 0 Å². The zero-order chi connectivity index (χ0) is 42.1. The Bertz CT molecular complexity index is 3290. The second kappa shape index (κ2) is 14.4. The van der Waals surface area contributed by atoms with E-state index in [9.17, 15) is 0 Å². The van der Waals surface area contributed by atoms with E-state index in [0.717, 1.165) is 17.1 Å². The Kier molecular flexibility index (Phi) is 8.49. The number of hydrogen-bond donors (Lipinski definition) is 0. The molecule has 0 heterocycles. The van der Waals surface area contributed by atoms with Gasteiger partial charge in [-0.25, -0.2) is 0 Å². The van der Waals surface area contributed by atoms with Gasteiger partial charge in [0.05, 0.1) is 5.41 Å². The normalized spacial score (nSPS) is 13.0. The van der Waals surface area contributed by atoms with E-state index in [1.807, 2.05) is 0 Å². The molecule has 12 rings (SSSR count). The van der Waals surface area contributed by atoms with E-state index in [0.29, 0.717) is 0 Å². The fourth-order valence-corrected chi connectivity index (χ4v) is 10.7. The Morgan fingerprint density at radius 1 is 0.302 bits per heavy atom. The average Bonchev–Trinajstić information content (AvgIpc) is 3.82. The van der Waals surface area contributed by atoms with Crippen LogP contribution in [0.25, 0.3) is 55.3 Å². The quantitative estimate of drug-likeness (QED) is 0.155. The highest BCUT2D eigenvalue weighted by Gasteiger charge is 2.51. The minimum atomic E-state index is -0.423. The number of anilines is 3. The molecule has 0 saturated heterocycles. The summed E-state index contributed by atoms with van der Waals surface area (Å²) in [5.41, 5.74) is 20.8. The van der Waals surface area contributed by atoms with Crippen LogP contribution in [0.3, 0.4) is 0 Å². The van der Waals surface area contributed by atoms with Gasteiger partial charge in [0, 0.05) is 22.5 Å². The van der Waals surface area contributed by atoms with E-state index >= 15 is 0 Å². The monoisotopic (exact) mass is 803 g/mol. The smallest absolute Gasteiger partial charge is 0.0726 e. The summed E-state index contributed by atoms with van der Waals surface area (Å²) in [5.74, 6) is 0. The van der Waals surface area contributed by atoms with Crippen molar-refractivity contribution in [3.05, 3.63) is 270 Å². The minimum absolute atomic E-state index is 0.173. The molecule has 1 spiro atoms. The first-order valence-corrected chi connectivity index (χ1v) is 22.1. The third kappa shape index (κ3) is 5.77. The van der Waals surface area contributed by atoms with Crippen LogP contribution in [0, 0.1) is 0 Å². The van der Waals surface area contributed by atoms with E-state index in [4.69, 9.17) is 0 Å². The Balaban J connectivity index is 0.982. The summed E-state index contributed by atoms with van der Waals surface area (Å²) in [5, 5.41) is 2.54. The SMILES string of the molecule is CC(C)(c1cccc(-c2ccc(N(c3ccc(-c4ccccc4)cc3)c3ccc4c(c3)C3(c5ccccc5-c5ccccc53)c3ccccc3-4)cc2)c1)c1ccc2ccccc2c1. The van der Waals surface area contributed by atoms with E-state index in [1.165, 1.54) is 88.7 Å². The summed E-state index contributed by atoms with van der Waals surface area (Å²) >= 11 is 0. The van der Waals surface area contributed by atoms with Gasteiger partial charge in [0.15, 0.2) is 0 Å². The molecule has 0 unspecified atom stereocenters. The fraction of sp³-hybridized carbons (Fsp3) is 0.0645. The molecule has 2 aliphatic carbocycles. The van der Waals surface area contributed by atoms with Crippen LogP contribution in [0.15, 0.2) is 237 Å². The van der Waals surface area contributed by atoms with Gasteiger partial charge < -0.3 is 4.90 Å². The van der Waals surface area contributed by atoms with Crippen molar-refractivity contribution < 1.29 is 0 Å². The molecule has 0 radical (unpaired) electrons. The highest BCUT2D eigenvalue weighted by Crippen LogP contribution is 2.63. The lowest BCUT2D eigenvalue weighted by molar-refractivity contribution is 0.642. The van der Waals surface area contributed by atoms with Crippen LogP contribution < -0.4 is 4.90 Å². The van der Waals surface area contributed by atoms with Crippen LogP contribution in [0.2, 0.25) is 0 Å². The van der Waals surface area contributed by atoms with E-state index in [2.05, 4.69) is 255 Å². The molecule has 10 aromatic rings. The molecule has 0 aliphatic heterocycles. The molecule has 1 heteroatoms. The van der Waals surface area contributed by atoms with Gasteiger partial charge in [-0.15, -0.1) is 0 Å². The van der Waals surface area contributed by atoms with Crippen molar-refractivity contribution in [1.29, 1.82) is 0 Å². The maximum Gasteiger partial charge on any atom is 0.0726 e. The van der Waals surface area contributed by atoms with Crippen molar-refractivity contribution >= 4 is 27.8 Å². The average molecular weight is 804 g/mol. The largest absolute Gasteiger partial charge is 0.310 e. The van der Waals surface area contributed by atoms with Gasteiger partial charge in [-0.1, -0.05) is 214 Å². The fourth-order valence-electron chi connectivity index (χ4n) is 10.7. The lowest BCUT2D eigenvalue weighted by Gasteiger charge is -2.32. The molecule has 10 aromatic carbocycles. The predicted octanol–water partition coefficient (Wildman–Crippen LogP) is 16.3. The van der Waals surface area contributed by atoms with Crippen LogP contribution in [-0.4, -0.2) is 0 Å². The van der Waals surface area contributed by atoms with Crippen molar-refractivity contribution in [3.63, 3.8) is 0 Å². The van der Waals surface area contributed by atoms with Crippen LogP contribution in [-0.2, 0) is 10.8 Å². The first-order chi connectivity index (χ1) is 31.0. The molecule has 0 aromatic heterocycles. The molecule has 0 amide bonds. The Morgan fingerprint density at radius 3 is 1.38 bits per heavy atom. The van der Waals surface area contributed by atoms with Crippen LogP contribution in [0.5, 0.6) is 0 Å². The molecular weight excluding hydrogens is 759 g/mol. The molecule has 63 heavy (non-hydrogen) atoms. The molecular formula is C62H45N. The number of fused-ring (bicyclic) bond motifs is 11. The predicted molar refractivity (Wildman–Crippen MR) is 264 cm³/mol. The zero-order valence-electron chi connectivity index (χ0n) is 35.5. The number of nitrogens with zero attached hydrogens (tertiary/aromatic N) is 1. The van der Waals surface area contributed by atoms with E-state index < -0.39 is 5.41 Å². The minimum Gasteiger partial charge on any atom is -0.310 e. The zero-order valence-corrected chi connectivity index (χ0v) is 35.5. The third-order valence-corrected chi connectivity index (χ3v) is 14.0. The van der Waals surface area contributed by atoms with Gasteiger partial charge in [0.2, 0.25) is 0 Å². The van der Waals surface area contributed by atoms with Gasteiger partial charge in [-0.2, -0.15) is 0 Å². The van der Waals surface area contributed by atoms with Crippen LogP contribution in [0.1, 0.15) is 47.2 Å². The van der Waals surface area contributed by atoms with Gasteiger partial charge in [-0.05, 0) is 125 Å². The van der Waals surface area contributed by atoms with Crippen molar-refractivity contribution in [2.75, 3.05) is 4.90 Å². The van der Waals surface area contributed by atoms with Crippen molar-refractivity contribution in [2.45, 2.75) is 24.7 Å². The Morgan fingerprint density at radius 2 is 0.762 bits per heavy atom. The number of hydrogen-bond acceptors (Lipinski definition) is 1. The first kappa shape index (κ1) is 37.1. The molecule has 2 aliphatic rings. The maximum absolute atomic E-state index is 2.48. The first-order valence-electron chi connectivity index (χ1n) is 22.1. The standard InChI is InChI=1S/C62H45N/c1-61(2,49-32-27-43-17-6-7-18-46(43)40-49)48-20-14-19-47(39-48)45-30-35-51(36-31-45)63(50-33-28-44(29-34-50)42-15-4-3-5-16-42)52-37-38-56-55-23-10-13-26-59(55)62(60(56)41-52)57-24-11-8-21-53(57)54-22-9-12-25-58(54)62/h3-41H,1-2H3. The Labute approximate surface area is 370 Å². The highest BCUT2D eigenvalue weighted by atomic mass is 15.1. The lowest BCUT2D eigenvalue weighted by atomic mass is 9.70. The highest BCUT2D eigenvalue weighted by molar-refractivity contribution is 5.96. The second-order valence-electron chi connectivity index (χ2n) is 17.7. The van der Waals surface area contributed by atoms with Crippen molar-refractivity contribution in [3.8, 4) is 44.5 Å². The van der Waals surface area contributed by atoms with E-state index in [1.54, 1.807) is 0 Å². The summed E-state index contributed by atoms with van der Waals surface area (Å²) in [7, 11) is 0. The molecule has 1 nitrogen and oxygen atoms in total. The van der Waals surface area contributed by atoms with E-state index in [-0.39, 0.29) is 5.41 Å². The summed E-state index contributed by atoms with van der Waals surface area (Å²) < 4.78 is 0. The summed E-state index contributed by atoms with van der Waals surface area (Å²) in [6.45, 7) is 4.67. The number of rotatable bonds is 7. The van der Waals surface area contributed by atoms with Crippen LogP contribution >= 0.6 is 0 Å². The Hall–Kier alpha value is -7.74.